The van der Waals surface area contributed by atoms with Crippen LogP contribution in [0.2, 0.25) is 0 Å². The van der Waals surface area contributed by atoms with Gasteiger partial charge >= 0.3 is 0 Å². The number of hydrogen-bond donors (Lipinski definition) is 1. The number of aromatic hydroxyl groups is 1. The minimum Gasteiger partial charge on any atom is -0.508 e. The molecule has 0 amide bonds. The van der Waals surface area contributed by atoms with Crippen molar-refractivity contribution >= 4 is 0 Å². The molecular weight excluding hydrogens is 210 g/mol. The predicted octanol–water partition coefficient (Wildman–Crippen LogP) is 2.74. The van der Waals surface area contributed by atoms with E-state index in [0.29, 0.717) is 11.7 Å². The quantitative estimate of drug-likeness (QED) is 0.852. The third kappa shape index (κ3) is 2.03. The first-order chi connectivity index (χ1) is 8.33. The Morgan fingerprint density at radius 3 is 2.71 bits per heavy atom. The van der Waals surface area contributed by atoms with Crippen molar-refractivity contribution in [1.82, 2.24) is 4.98 Å². The maximum absolute atomic E-state index is 9.81. The summed E-state index contributed by atoms with van der Waals surface area (Å²) in [6.45, 7) is 0. The number of fused-ring (bicyclic) bond motifs is 1. The Bertz CT molecular complexity index is 522. The van der Waals surface area contributed by atoms with E-state index in [4.69, 9.17) is 0 Å². The number of pyridine rings is 1. The van der Waals surface area contributed by atoms with Crippen molar-refractivity contribution in [3.8, 4) is 5.75 Å². The van der Waals surface area contributed by atoms with Crippen LogP contribution in [0.15, 0.2) is 42.7 Å². The highest BCUT2D eigenvalue weighted by Gasteiger charge is 2.23. The second-order valence-electron chi connectivity index (χ2n) is 4.75. The number of aromatic nitrogens is 1. The molecule has 1 N–H and O–H groups in total. The molecule has 2 nitrogen and oxygen atoms in total. The smallest absolute Gasteiger partial charge is 0.119 e. The molecule has 3 rings (SSSR count). The molecule has 2 aromatic rings. The van der Waals surface area contributed by atoms with Crippen LogP contribution in [0.5, 0.6) is 5.75 Å². The van der Waals surface area contributed by atoms with Gasteiger partial charge in [0.1, 0.15) is 5.75 Å². The lowest BCUT2D eigenvalue weighted by Crippen LogP contribution is -2.03. The highest BCUT2D eigenvalue weighted by Crippen LogP contribution is 2.34. The van der Waals surface area contributed by atoms with E-state index in [1.807, 2.05) is 18.5 Å². The fraction of sp³-hybridized carbons (Fsp3) is 0.267. The summed E-state index contributed by atoms with van der Waals surface area (Å²) in [5, 5.41) is 9.81. The normalized spacial score (nSPS) is 18.0. The average molecular weight is 225 g/mol. The van der Waals surface area contributed by atoms with Crippen molar-refractivity contribution in [2.24, 2.45) is 5.92 Å². The number of phenolic OH excluding ortho intramolecular Hbond substituents is 1. The van der Waals surface area contributed by atoms with Crippen LogP contribution in [-0.2, 0) is 19.3 Å². The Kier molecular flexibility index (Phi) is 2.56. The van der Waals surface area contributed by atoms with Crippen LogP contribution in [0.3, 0.4) is 0 Å². The number of nitrogens with zero attached hydrogens (tertiary/aromatic N) is 1. The highest BCUT2D eigenvalue weighted by atomic mass is 16.3. The van der Waals surface area contributed by atoms with E-state index in [1.165, 1.54) is 11.1 Å². The van der Waals surface area contributed by atoms with E-state index in [0.717, 1.165) is 24.8 Å². The molecule has 0 unspecified atom stereocenters. The molecule has 1 heterocycles. The second kappa shape index (κ2) is 4.21. The van der Waals surface area contributed by atoms with Crippen LogP contribution in [-0.4, -0.2) is 10.1 Å². The monoisotopic (exact) mass is 225 g/mol. The standard InChI is InChI=1S/C15H15NO/c17-15-3-1-2-13-9-12(10-14(13)15)8-11-4-6-16-7-5-11/h1-7,12,17H,8-10H2/t12-/m0/s1. The zero-order valence-electron chi connectivity index (χ0n) is 9.63. The van der Waals surface area contributed by atoms with Gasteiger partial charge in [0.2, 0.25) is 0 Å². The lowest BCUT2D eigenvalue weighted by atomic mass is 9.97. The first-order valence-electron chi connectivity index (χ1n) is 6.01. The van der Waals surface area contributed by atoms with Crippen molar-refractivity contribution in [3.63, 3.8) is 0 Å². The molecule has 0 saturated carbocycles. The summed E-state index contributed by atoms with van der Waals surface area (Å²) in [7, 11) is 0. The Morgan fingerprint density at radius 2 is 1.94 bits per heavy atom. The fourth-order valence-electron chi connectivity index (χ4n) is 2.72. The molecule has 0 saturated heterocycles. The SMILES string of the molecule is Oc1cccc2c1C[C@@H](Cc1ccncc1)C2. The third-order valence-electron chi connectivity index (χ3n) is 3.52. The summed E-state index contributed by atoms with van der Waals surface area (Å²) in [6, 6.07) is 9.99. The number of hydrogen-bond acceptors (Lipinski definition) is 2. The van der Waals surface area contributed by atoms with Gasteiger partial charge < -0.3 is 5.11 Å². The van der Waals surface area contributed by atoms with Crippen molar-refractivity contribution < 1.29 is 5.11 Å². The van der Waals surface area contributed by atoms with Gasteiger partial charge in [0, 0.05) is 12.4 Å². The highest BCUT2D eigenvalue weighted by molar-refractivity contribution is 5.43. The molecule has 0 bridgehead atoms. The van der Waals surface area contributed by atoms with Crippen LogP contribution in [0.1, 0.15) is 16.7 Å². The van der Waals surface area contributed by atoms with Gasteiger partial charge in [-0.1, -0.05) is 12.1 Å². The maximum atomic E-state index is 9.81. The van der Waals surface area contributed by atoms with Crippen LogP contribution in [0, 0.1) is 5.92 Å². The minimum absolute atomic E-state index is 0.458. The van der Waals surface area contributed by atoms with Gasteiger partial charge in [-0.05, 0) is 60.1 Å². The van der Waals surface area contributed by atoms with E-state index in [2.05, 4.69) is 23.2 Å². The largest absolute Gasteiger partial charge is 0.508 e. The van der Waals surface area contributed by atoms with Gasteiger partial charge in [-0.25, -0.2) is 0 Å². The van der Waals surface area contributed by atoms with Crippen LogP contribution < -0.4 is 0 Å². The zero-order chi connectivity index (χ0) is 11.7. The van der Waals surface area contributed by atoms with Crippen LogP contribution >= 0.6 is 0 Å². The first-order valence-corrected chi connectivity index (χ1v) is 6.01. The van der Waals surface area contributed by atoms with E-state index < -0.39 is 0 Å². The van der Waals surface area contributed by atoms with Gasteiger partial charge in [-0.3, -0.25) is 4.98 Å². The molecule has 86 valence electrons. The molecule has 2 heteroatoms. The number of phenols is 1. The van der Waals surface area contributed by atoms with E-state index in [-0.39, 0.29) is 0 Å². The first kappa shape index (κ1) is 10.3. The van der Waals surface area contributed by atoms with Gasteiger partial charge in [-0.2, -0.15) is 0 Å². The molecule has 0 spiro atoms. The zero-order valence-corrected chi connectivity index (χ0v) is 9.63. The van der Waals surface area contributed by atoms with Gasteiger partial charge in [0.05, 0.1) is 0 Å². The summed E-state index contributed by atoms with van der Waals surface area (Å²) in [4.78, 5) is 4.03. The van der Waals surface area contributed by atoms with Crippen molar-refractivity contribution in [3.05, 3.63) is 59.4 Å². The second-order valence-corrected chi connectivity index (χ2v) is 4.75. The number of rotatable bonds is 2. The summed E-state index contributed by atoms with van der Waals surface area (Å²) in [6.07, 6.45) is 6.82. The van der Waals surface area contributed by atoms with Gasteiger partial charge in [0.25, 0.3) is 0 Å². The van der Waals surface area contributed by atoms with E-state index in [9.17, 15) is 5.11 Å². The molecule has 0 aliphatic heterocycles. The van der Waals surface area contributed by atoms with E-state index >= 15 is 0 Å². The summed E-state index contributed by atoms with van der Waals surface area (Å²) < 4.78 is 0. The summed E-state index contributed by atoms with van der Waals surface area (Å²) >= 11 is 0. The fourth-order valence-corrected chi connectivity index (χ4v) is 2.72. The van der Waals surface area contributed by atoms with Gasteiger partial charge in [0.15, 0.2) is 0 Å². The molecule has 1 aliphatic carbocycles. The van der Waals surface area contributed by atoms with Gasteiger partial charge in [-0.15, -0.1) is 0 Å². The Hall–Kier alpha value is -1.83. The molecule has 0 fully saturated rings. The van der Waals surface area contributed by atoms with Crippen LogP contribution in [0.4, 0.5) is 0 Å². The molecule has 1 aliphatic rings. The average Bonchev–Trinajstić information content (AvgIpc) is 2.74. The topological polar surface area (TPSA) is 33.1 Å². The molecule has 1 aromatic heterocycles. The maximum Gasteiger partial charge on any atom is 0.119 e. The predicted molar refractivity (Wildman–Crippen MR) is 66.9 cm³/mol. The Balaban J connectivity index is 1.77. The molecule has 17 heavy (non-hydrogen) atoms. The van der Waals surface area contributed by atoms with Crippen molar-refractivity contribution in [1.29, 1.82) is 0 Å². The summed E-state index contributed by atoms with van der Waals surface area (Å²) in [5.74, 6) is 1.07. The lowest BCUT2D eigenvalue weighted by molar-refractivity contribution is 0.464. The minimum atomic E-state index is 0.458. The summed E-state index contributed by atoms with van der Waals surface area (Å²) in [5.41, 5.74) is 3.79. The van der Waals surface area contributed by atoms with Crippen LogP contribution in [0.25, 0.3) is 0 Å². The lowest BCUT2D eigenvalue weighted by Gasteiger charge is -2.08. The molecule has 1 atom stereocenters. The Labute approximate surface area is 101 Å². The Morgan fingerprint density at radius 1 is 1.12 bits per heavy atom. The third-order valence-corrected chi connectivity index (χ3v) is 3.52. The van der Waals surface area contributed by atoms with E-state index in [1.54, 1.807) is 6.07 Å². The van der Waals surface area contributed by atoms with Crippen molar-refractivity contribution in [2.45, 2.75) is 19.3 Å². The molecule has 0 radical (unpaired) electrons. The molecular formula is C15H15NO. The van der Waals surface area contributed by atoms with Crippen molar-refractivity contribution in [2.75, 3.05) is 0 Å². The molecule has 1 aromatic carbocycles. The number of benzene rings is 1.